The van der Waals surface area contributed by atoms with Crippen LogP contribution in [0, 0.1) is 0 Å². The fourth-order valence-corrected chi connectivity index (χ4v) is 7.15. The maximum absolute atomic E-state index is 2.40. The molecule has 0 spiro atoms. The zero-order valence-corrected chi connectivity index (χ0v) is 23.0. The van der Waals surface area contributed by atoms with Crippen LogP contribution in [0.15, 0.2) is 158 Å². The zero-order valence-electron chi connectivity index (χ0n) is 23.0. The number of rotatable bonds is 2. The molecule has 0 heterocycles. The highest BCUT2D eigenvalue weighted by Gasteiger charge is 2.18. The highest BCUT2D eigenvalue weighted by Crippen LogP contribution is 2.46. The summed E-state index contributed by atoms with van der Waals surface area (Å²) in [6.07, 6.45) is 0. The molecule has 0 heteroatoms. The molecular formula is C42H26. The van der Waals surface area contributed by atoms with Gasteiger partial charge < -0.3 is 0 Å². The van der Waals surface area contributed by atoms with Crippen molar-refractivity contribution in [2.75, 3.05) is 0 Å². The summed E-state index contributed by atoms with van der Waals surface area (Å²) in [5.74, 6) is 0. The van der Waals surface area contributed by atoms with E-state index in [2.05, 4.69) is 158 Å². The summed E-state index contributed by atoms with van der Waals surface area (Å²) in [4.78, 5) is 0. The zero-order chi connectivity index (χ0) is 27.6. The van der Waals surface area contributed by atoms with E-state index >= 15 is 0 Å². The second kappa shape index (κ2) is 9.03. The maximum Gasteiger partial charge on any atom is -0.00201 e. The molecule has 0 aliphatic heterocycles. The molecule has 0 N–H and O–H groups in total. The molecule has 0 fully saturated rings. The van der Waals surface area contributed by atoms with Gasteiger partial charge in [-0.15, -0.1) is 0 Å². The van der Waals surface area contributed by atoms with Crippen LogP contribution in [-0.2, 0) is 0 Å². The Morgan fingerprint density at radius 2 is 0.690 bits per heavy atom. The molecule has 0 saturated heterocycles. The molecule has 9 aromatic carbocycles. The molecule has 0 bridgehead atoms. The van der Waals surface area contributed by atoms with Gasteiger partial charge in [-0.25, -0.2) is 0 Å². The Labute approximate surface area is 244 Å². The van der Waals surface area contributed by atoms with Crippen LogP contribution in [0.4, 0.5) is 0 Å². The quantitative estimate of drug-likeness (QED) is 0.154. The van der Waals surface area contributed by atoms with Crippen LogP contribution in [0.1, 0.15) is 0 Å². The fourth-order valence-electron chi connectivity index (χ4n) is 7.15. The van der Waals surface area contributed by atoms with Crippen molar-refractivity contribution < 1.29 is 0 Å². The molecule has 0 atom stereocenters. The van der Waals surface area contributed by atoms with E-state index in [4.69, 9.17) is 0 Å². The van der Waals surface area contributed by atoms with E-state index in [0.717, 1.165) is 0 Å². The first kappa shape index (κ1) is 23.3. The Morgan fingerprint density at radius 3 is 1.33 bits per heavy atom. The van der Waals surface area contributed by atoms with Crippen molar-refractivity contribution in [1.82, 2.24) is 0 Å². The molecule has 194 valence electrons. The first-order valence-corrected chi connectivity index (χ1v) is 14.6. The normalized spacial score (nSPS) is 11.8. The van der Waals surface area contributed by atoms with Gasteiger partial charge in [-0.05, 0) is 93.0 Å². The molecule has 0 aliphatic carbocycles. The topological polar surface area (TPSA) is 0 Å². The Kier molecular flexibility index (Phi) is 5.00. The lowest BCUT2D eigenvalue weighted by Gasteiger charge is -2.19. The third-order valence-corrected chi connectivity index (χ3v) is 9.02. The smallest absolute Gasteiger partial charge is 0.00201 e. The standard InChI is InChI=1S/C42H26/c1-3-12-31-28(11-1)24-25-34-33(31)18-9-19-35(34)42-38-16-7-5-14-36(38)41(37-15-6-8-17-39(37)42)30-23-22-29-21-20-27-10-2-4-13-32(27)40(29)26-30/h1-26H. The highest BCUT2D eigenvalue weighted by molar-refractivity contribution is 6.25. The molecule has 42 heavy (non-hydrogen) atoms. The van der Waals surface area contributed by atoms with Gasteiger partial charge in [0.1, 0.15) is 0 Å². The van der Waals surface area contributed by atoms with Crippen molar-refractivity contribution in [2.24, 2.45) is 0 Å². The largest absolute Gasteiger partial charge is 0.0616 e. The SMILES string of the molecule is c1ccc2c(c1)ccc1ccc(-c3c4ccccc4c(-c4cccc5c4ccc4ccccc45)c4ccccc34)cc12. The predicted molar refractivity (Wildman–Crippen MR) is 182 cm³/mol. The van der Waals surface area contributed by atoms with E-state index in [1.54, 1.807) is 0 Å². The van der Waals surface area contributed by atoms with Crippen molar-refractivity contribution >= 4 is 64.6 Å². The summed E-state index contributed by atoms with van der Waals surface area (Å²) >= 11 is 0. The highest BCUT2D eigenvalue weighted by atomic mass is 14.2. The van der Waals surface area contributed by atoms with Gasteiger partial charge in [0.2, 0.25) is 0 Å². The summed E-state index contributed by atoms with van der Waals surface area (Å²) in [7, 11) is 0. The van der Waals surface area contributed by atoms with Gasteiger partial charge in [0.25, 0.3) is 0 Å². The van der Waals surface area contributed by atoms with E-state index in [-0.39, 0.29) is 0 Å². The molecule has 0 amide bonds. The average Bonchev–Trinajstić information content (AvgIpc) is 3.06. The first-order chi connectivity index (χ1) is 20.8. The molecule has 0 aliphatic rings. The number of hydrogen-bond acceptors (Lipinski definition) is 0. The third-order valence-electron chi connectivity index (χ3n) is 9.02. The van der Waals surface area contributed by atoms with Gasteiger partial charge >= 0.3 is 0 Å². The molecule has 9 rings (SSSR count). The minimum absolute atomic E-state index is 1.25. The summed E-state index contributed by atoms with van der Waals surface area (Å²) in [6, 6.07) is 58.1. The van der Waals surface area contributed by atoms with E-state index in [1.807, 2.05) is 0 Å². The fraction of sp³-hybridized carbons (Fsp3) is 0. The molecule has 0 unspecified atom stereocenters. The van der Waals surface area contributed by atoms with Crippen LogP contribution < -0.4 is 0 Å². The van der Waals surface area contributed by atoms with Crippen LogP contribution in [-0.4, -0.2) is 0 Å². The van der Waals surface area contributed by atoms with Crippen molar-refractivity contribution in [3.8, 4) is 22.3 Å². The first-order valence-electron chi connectivity index (χ1n) is 14.6. The van der Waals surface area contributed by atoms with Crippen LogP contribution in [0.25, 0.3) is 86.9 Å². The lowest BCUT2D eigenvalue weighted by Crippen LogP contribution is -1.92. The van der Waals surface area contributed by atoms with E-state index in [0.29, 0.717) is 0 Å². The van der Waals surface area contributed by atoms with Crippen molar-refractivity contribution in [2.45, 2.75) is 0 Å². The Bertz CT molecular complexity index is 2460. The maximum atomic E-state index is 2.40. The van der Waals surface area contributed by atoms with E-state index in [9.17, 15) is 0 Å². The molecule has 0 saturated carbocycles. The Hall–Kier alpha value is -5.46. The minimum atomic E-state index is 1.25. The van der Waals surface area contributed by atoms with Crippen LogP contribution in [0.2, 0.25) is 0 Å². The number of hydrogen-bond donors (Lipinski definition) is 0. The van der Waals surface area contributed by atoms with Crippen LogP contribution >= 0.6 is 0 Å². The summed E-state index contributed by atoms with van der Waals surface area (Å²) < 4.78 is 0. The van der Waals surface area contributed by atoms with Crippen molar-refractivity contribution in [1.29, 1.82) is 0 Å². The van der Waals surface area contributed by atoms with Crippen LogP contribution in [0.5, 0.6) is 0 Å². The summed E-state index contributed by atoms with van der Waals surface area (Å²) in [5.41, 5.74) is 5.13. The number of benzene rings is 9. The lowest BCUT2D eigenvalue weighted by atomic mass is 9.84. The van der Waals surface area contributed by atoms with E-state index in [1.165, 1.54) is 86.9 Å². The van der Waals surface area contributed by atoms with Crippen LogP contribution in [0.3, 0.4) is 0 Å². The summed E-state index contributed by atoms with van der Waals surface area (Å²) in [6.45, 7) is 0. The second-order valence-electron chi connectivity index (χ2n) is 11.3. The van der Waals surface area contributed by atoms with Gasteiger partial charge in [-0.3, -0.25) is 0 Å². The molecule has 9 aromatic rings. The van der Waals surface area contributed by atoms with Gasteiger partial charge in [-0.1, -0.05) is 152 Å². The predicted octanol–water partition coefficient (Wildman–Crippen LogP) is 11.9. The van der Waals surface area contributed by atoms with Crippen molar-refractivity contribution in [3.63, 3.8) is 0 Å². The number of fused-ring (bicyclic) bond motifs is 8. The van der Waals surface area contributed by atoms with Gasteiger partial charge in [-0.2, -0.15) is 0 Å². The average molecular weight is 531 g/mol. The summed E-state index contributed by atoms with van der Waals surface area (Å²) in [5, 5.41) is 15.4. The lowest BCUT2D eigenvalue weighted by molar-refractivity contribution is 1.69. The van der Waals surface area contributed by atoms with Crippen molar-refractivity contribution in [3.05, 3.63) is 158 Å². The molecular weight excluding hydrogens is 504 g/mol. The molecule has 0 nitrogen and oxygen atoms in total. The monoisotopic (exact) mass is 530 g/mol. The second-order valence-corrected chi connectivity index (χ2v) is 11.3. The Balaban J connectivity index is 1.41. The third kappa shape index (κ3) is 3.36. The molecule has 0 radical (unpaired) electrons. The minimum Gasteiger partial charge on any atom is -0.0616 e. The molecule has 0 aromatic heterocycles. The van der Waals surface area contributed by atoms with Gasteiger partial charge in [0.05, 0.1) is 0 Å². The van der Waals surface area contributed by atoms with E-state index < -0.39 is 0 Å². The van der Waals surface area contributed by atoms with Gasteiger partial charge in [0.15, 0.2) is 0 Å². The Morgan fingerprint density at radius 1 is 0.238 bits per heavy atom. The van der Waals surface area contributed by atoms with Gasteiger partial charge in [0, 0.05) is 0 Å².